The van der Waals surface area contributed by atoms with Crippen LogP contribution in [-0.2, 0) is 10.5 Å². The highest BCUT2D eigenvalue weighted by molar-refractivity contribution is 7.98. The van der Waals surface area contributed by atoms with E-state index >= 15 is 0 Å². The minimum absolute atomic E-state index is 0.103. The van der Waals surface area contributed by atoms with E-state index in [4.69, 9.17) is 0 Å². The van der Waals surface area contributed by atoms with Crippen molar-refractivity contribution < 1.29 is 4.79 Å². The Morgan fingerprint density at radius 1 is 1.24 bits per heavy atom. The summed E-state index contributed by atoms with van der Waals surface area (Å²) in [5.74, 6) is 1.19. The van der Waals surface area contributed by atoms with E-state index in [0.29, 0.717) is 0 Å². The van der Waals surface area contributed by atoms with Gasteiger partial charge in [0.05, 0.1) is 5.92 Å². The monoisotopic (exact) mass is 354 g/mol. The highest BCUT2D eigenvalue weighted by Gasteiger charge is 2.24. The van der Waals surface area contributed by atoms with E-state index < -0.39 is 0 Å². The van der Waals surface area contributed by atoms with Gasteiger partial charge in [0.1, 0.15) is 0 Å². The number of amides is 1. The van der Waals surface area contributed by atoms with Gasteiger partial charge in [-0.05, 0) is 62.7 Å². The van der Waals surface area contributed by atoms with Gasteiger partial charge in [-0.1, -0.05) is 30.3 Å². The van der Waals surface area contributed by atoms with Gasteiger partial charge in [0.2, 0.25) is 5.91 Å². The first-order chi connectivity index (χ1) is 12.1. The molecule has 25 heavy (non-hydrogen) atoms. The van der Waals surface area contributed by atoms with Crippen LogP contribution >= 0.6 is 11.8 Å². The lowest BCUT2D eigenvalue weighted by Crippen LogP contribution is -2.38. The van der Waals surface area contributed by atoms with Crippen molar-refractivity contribution in [3.05, 3.63) is 59.7 Å². The number of likely N-dealkylation sites (tertiary alicyclic amines) is 1. The molecule has 2 aromatic rings. The van der Waals surface area contributed by atoms with Crippen LogP contribution in [0.3, 0.4) is 0 Å². The predicted molar refractivity (Wildman–Crippen MR) is 106 cm³/mol. The molecule has 1 heterocycles. The van der Waals surface area contributed by atoms with E-state index in [2.05, 4.69) is 60.6 Å². The van der Waals surface area contributed by atoms with Crippen LogP contribution in [0.2, 0.25) is 0 Å². The largest absolute Gasteiger partial charge is 0.326 e. The summed E-state index contributed by atoms with van der Waals surface area (Å²) in [4.78, 5) is 16.0. The number of hydrogen-bond donors (Lipinski definition) is 1. The van der Waals surface area contributed by atoms with E-state index in [9.17, 15) is 4.79 Å². The highest BCUT2D eigenvalue weighted by Crippen LogP contribution is 2.25. The van der Waals surface area contributed by atoms with Crippen LogP contribution in [0.25, 0.3) is 0 Å². The molecular formula is C21H26N2OS. The number of aryl methyl sites for hydroxylation is 1. The summed E-state index contributed by atoms with van der Waals surface area (Å²) in [5.41, 5.74) is 3.34. The summed E-state index contributed by atoms with van der Waals surface area (Å²) in [7, 11) is 2.09. The number of anilines is 1. The van der Waals surface area contributed by atoms with Crippen LogP contribution < -0.4 is 5.32 Å². The number of hydrogen-bond acceptors (Lipinski definition) is 3. The Kier molecular flexibility index (Phi) is 6.16. The molecule has 3 rings (SSSR count). The number of nitrogens with zero attached hydrogens (tertiary/aromatic N) is 1. The molecule has 0 saturated carbocycles. The smallest absolute Gasteiger partial charge is 0.228 e. The summed E-state index contributed by atoms with van der Waals surface area (Å²) in [6, 6.07) is 16.8. The molecule has 0 bridgehead atoms. The first kappa shape index (κ1) is 18.0. The molecule has 132 valence electrons. The third-order valence-corrected chi connectivity index (χ3v) is 5.78. The van der Waals surface area contributed by atoms with Gasteiger partial charge in [-0.2, -0.15) is 0 Å². The number of rotatable bonds is 5. The average Bonchev–Trinajstić information content (AvgIpc) is 2.63. The number of carbonyl (C=O) groups excluding carboxylic acids is 1. The summed E-state index contributed by atoms with van der Waals surface area (Å²) < 4.78 is 0. The molecule has 1 fully saturated rings. The zero-order valence-electron chi connectivity index (χ0n) is 15.0. The Hall–Kier alpha value is -1.78. The summed E-state index contributed by atoms with van der Waals surface area (Å²) >= 11 is 1.83. The standard InChI is InChI=1S/C21H26N2OS/c1-16-13-17(15-25-19-8-4-3-5-9-19)10-11-20(16)22-21(24)18-7-6-12-23(2)14-18/h3-5,8-11,13,18H,6-7,12,14-15H2,1-2H3,(H,22,24)/t18-/m1/s1. The van der Waals surface area contributed by atoms with E-state index in [-0.39, 0.29) is 11.8 Å². The maximum Gasteiger partial charge on any atom is 0.228 e. The fourth-order valence-electron chi connectivity index (χ4n) is 3.25. The van der Waals surface area contributed by atoms with Crippen LogP contribution in [0.5, 0.6) is 0 Å². The Morgan fingerprint density at radius 3 is 2.76 bits per heavy atom. The van der Waals surface area contributed by atoms with Crippen molar-refractivity contribution in [2.45, 2.75) is 30.4 Å². The first-order valence-electron chi connectivity index (χ1n) is 8.88. The molecule has 0 radical (unpaired) electrons. The van der Waals surface area contributed by atoms with E-state index in [1.807, 2.05) is 23.9 Å². The normalized spacial score (nSPS) is 18.1. The molecule has 0 aliphatic carbocycles. The van der Waals surface area contributed by atoms with E-state index in [0.717, 1.165) is 42.9 Å². The van der Waals surface area contributed by atoms with Gasteiger partial charge in [0, 0.05) is 22.9 Å². The SMILES string of the molecule is Cc1cc(CSc2ccccc2)ccc1NC(=O)[C@@H]1CCCN(C)C1. The molecule has 1 aliphatic rings. The zero-order valence-corrected chi connectivity index (χ0v) is 15.8. The molecular weight excluding hydrogens is 328 g/mol. The molecule has 1 saturated heterocycles. The molecule has 1 aliphatic heterocycles. The van der Waals surface area contributed by atoms with Crippen molar-refractivity contribution in [1.82, 2.24) is 4.90 Å². The molecule has 1 N–H and O–H groups in total. The number of nitrogens with one attached hydrogen (secondary N) is 1. The maximum atomic E-state index is 12.5. The minimum atomic E-state index is 0.103. The van der Waals surface area contributed by atoms with Gasteiger partial charge in [-0.15, -0.1) is 11.8 Å². The summed E-state index contributed by atoms with van der Waals surface area (Å²) in [6.45, 7) is 4.02. The molecule has 2 aromatic carbocycles. The van der Waals surface area contributed by atoms with Crippen molar-refractivity contribution >= 4 is 23.4 Å². The Bertz CT molecular complexity index is 717. The van der Waals surface area contributed by atoms with Gasteiger partial charge in [0.25, 0.3) is 0 Å². The average molecular weight is 355 g/mol. The molecule has 0 spiro atoms. The van der Waals surface area contributed by atoms with E-state index in [1.54, 1.807) is 0 Å². The van der Waals surface area contributed by atoms with Crippen molar-refractivity contribution in [2.24, 2.45) is 5.92 Å². The number of benzene rings is 2. The van der Waals surface area contributed by atoms with Crippen molar-refractivity contribution in [3.63, 3.8) is 0 Å². The second kappa shape index (κ2) is 8.54. The number of thioether (sulfide) groups is 1. The summed E-state index contributed by atoms with van der Waals surface area (Å²) in [6.07, 6.45) is 2.09. The second-order valence-corrected chi connectivity index (χ2v) is 7.89. The molecule has 0 unspecified atom stereocenters. The van der Waals surface area contributed by atoms with Gasteiger partial charge in [-0.25, -0.2) is 0 Å². The van der Waals surface area contributed by atoms with Crippen LogP contribution in [0.4, 0.5) is 5.69 Å². The Labute approximate surface area is 154 Å². The first-order valence-corrected chi connectivity index (χ1v) is 9.87. The zero-order chi connectivity index (χ0) is 17.6. The Morgan fingerprint density at radius 2 is 2.04 bits per heavy atom. The minimum Gasteiger partial charge on any atom is -0.326 e. The summed E-state index contributed by atoms with van der Waals surface area (Å²) in [5, 5.41) is 3.13. The van der Waals surface area contributed by atoms with Gasteiger partial charge in [0.15, 0.2) is 0 Å². The van der Waals surface area contributed by atoms with Crippen LogP contribution in [0, 0.1) is 12.8 Å². The van der Waals surface area contributed by atoms with Gasteiger partial charge >= 0.3 is 0 Å². The van der Waals surface area contributed by atoms with E-state index in [1.165, 1.54) is 10.5 Å². The Balaban J connectivity index is 1.58. The molecule has 0 aromatic heterocycles. The quantitative estimate of drug-likeness (QED) is 0.799. The fourth-order valence-corrected chi connectivity index (χ4v) is 4.12. The van der Waals surface area contributed by atoms with Crippen LogP contribution in [0.15, 0.2) is 53.4 Å². The van der Waals surface area contributed by atoms with Crippen molar-refractivity contribution in [2.75, 3.05) is 25.5 Å². The lowest BCUT2D eigenvalue weighted by Gasteiger charge is -2.28. The van der Waals surface area contributed by atoms with Crippen molar-refractivity contribution in [1.29, 1.82) is 0 Å². The maximum absolute atomic E-state index is 12.5. The third kappa shape index (κ3) is 5.10. The fraction of sp³-hybridized carbons (Fsp3) is 0.381. The van der Waals surface area contributed by atoms with Gasteiger partial charge < -0.3 is 10.2 Å². The molecule has 4 heteroatoms. The highest BCUT2D eigenvalue weighted by atomic mass is 32.2. The second-order valence-electron chi connectivity index (χ2n) is 6.84. The molecule has 1 atom stereocenters. The molecule has 3 nitrogen and oxygen atoms in total. The van der Waals surface area contributed by atoms with Gasteiger partial charge in [-0.3, -0.25) is 4.79 Å². The van der Waals surface area contributed by atoms with Crippen molar-refractivity contribution in [3.8, 4) is 0 Å². The number of piperidine rings is 1. The molecule has 1 amide bonds. The lowest BCUT2D eigenvalue weighted by molar-refractivity contribution is -0.121. The topological polar surface area (TPSA) is 32.3 Å². The van der Waals surface area contributed by atoms with Crippen LogP contribution in [0.1, 0.15) is 24.0 Å². The number of carbonyl (C=O) groups is 1. The predicted octanol–water partition coefficient (Wildman–Crippen LogP) is 4.57. The van der Waals surface area contributed by atoms with Crippen LogP contribution in [-0.4, -0.2) is 30.9 Å². The lowest BCUT2D eigenvalue weighted by atomic mass is 9.97. The third-order valence-electron chi connectivity index (χ3n) is 4.69.